The van der Waals surface area contributed by atoms with Gasteiger partial charge >= 0.3 is 0 Å². The molecule has 0 fully saturated rings. The first-order chi connectivity index (χ1) is 6.77. The summed E-state index contributed by atoms with van der Waals surface area (Å²) in [6, 6.07) is 2.89. The Morgan fingerprint density at radius 2 is 2.06 bits per heavy atom. The number of furan rings is 1. The van der Waals surface area contributed by atoms with E-state index in [-0.39, 0.29) is 24.0 Å². The molecule has 0 saturated carbocycles. The molecule has 0 saturated heterocycles. The topological polar surface area (TPSA) is 85.3 Å². The number of hydrogen-bond donors (Lipinski definition) is 2. The van der Waals surface area contributed by atoms with Gasteiger partial charge in [-0.3, -0.25) is 0 Å². The maximum Gasteiger partial charge on any atom is 0.274 e. The van der Waals surface area contributed by atoms with E-state index in [4.69, 9.17) is 10.2 Å². The summed E-state index contributed by atoms with van der Waals surface area (Å²) in [5.41, 5.74) is 4.73. The molecule has 1 heterocycles. The average Bonchev–Trinajstić information content (AvgIpc) is 2.51. The predicted molar refractivity (Wildman–Crippen MR) is 67.1 cm³/mol. The van der Waals surface area contributed by atoms with Gasteiger partial charge in [-0.15, -0.1) is 12.4 Å². The third kappa shape index (κ3) is 4.06. The van der Waals surface area contributed by atoms with Gasteiger partial charge in [-0.1, -0.05) is 0 Å². The maximum atomic E-state index is 11.7. The summed E-state index contributed by atoms with van der Waals surface area (Å²) in [7, 11) is -3.64. The van der Waals surface area contributed by atoms with E-state index in [2.05, 4.69) is 20.7 Å². The Morgan fingerprint density at radius 1 is 1.50 bits per heavy atom. The number of nitrogens with one attached hydrogen (secondary N) is 1. The van der Waals surface area contributed by atoms with Crippen LogP contribution in [0.15, 0.2) is 26.3 Å². The van der Waals surface area contributed by atoms with Crippen molar-refractivity contribution in [2.75, 3.05) is 6.54 Å². The van der Waals surface area contributed by atoms with Crippen molar-refractivity contribution < 1.29 is 12.8 Å². The highest BCUT2D eigenvalue weighted by atomic mass is 79.9. The smallest absolute Gasteiger partial charge is 0.274 e. The van der Waals surface area contributed by atoms with Gasteiger partial charge < -0.3 is 10.2 Å². The highest BCUT2D eigenvalue weighted by Crippen LogP contribution is 2.19. The van der Waals surface area contributed by atoms with E-state index in [1.165, 1.54) is 12.1 Å². The first-order valence-corrected chi connectivity index (χ1v) is 6.54. The lowest BCUT2D eigenvalue weighted by Gasteiger charge is -2.22. The maximum absolute atomic E-state index is 11.7. The lowest BCUT2D eigenvalue weighted by molar-refractivity contribution is 0.409. The Hall–Kier alpha value is -0.0800. The molecule has 0 spiro atoms. The lowest BCUT2D eigenvalue weighted by atomic mass is 10.1. The van der Waals surface area contributed by atoms with Crippen LogP contribution >= 0.6 is 28.3 Å². The van der Waals surface area contributed by atoms with Crippen LogP contribution in [-0.2, 0) is 10.0 Å². The highest BCUT2D eigenvalue weighted by molar-refractivity contribution is 9.10. The van der Waals surface area contributed by atoms with Gasteiger partial charge in [0.1, 0.15) is 0 Å². The fraction of sp³-hybridized carbons (Fsp3) is 0.500. The molecule has 8 heteroatoms. The molecular weight excluding hydrogens is 320 g/mol. The van der Waals surface area contributed by atoms with Crippen molar-refractivity contribution in [3.63, 3.8) is 0 Å². The van der Waals surface area contributed by atoms with E-state index in [1.807, 2.05) is 0 Å². The van der Waals surface area contributed by atoms with Crippen molar-refractivity contribution in [1.82, 2.24) is 4.72 Å². The second-order valence-corrected chi connectivity index (χ2v) is 6.15. The van der Waals surface area contributed by atoms with Crippen LogP contribution in [0, 0.1) is 0 Å². The van der Waals surface area contributed by atoms with Gasteiger partial charge in [0.15, 0.2) is 4.67 Å². The zero-order valence-electron chi connectivity index (χ0n) is 8.86. The molecule has 3 N–H and O–H groups in total. The number of sulfonamides is 1. The lowest BCUT2D eigenvalue weighted by Crippen LogP contribution is -2.48. The first-order valence-electron chi connectivity index (χ1n) is 4.26. The molecule has 0 bridgehead atoms. The molecule has 94 valence electrons. The predicted octanol–water partition coefficient (Wildman–Crippen LogP) is 1.48. The van der Waals surface area contributed by atoms with E-state index in [0.29, 0.717) is 4.67 Å². The van der Waals surface area contributed by atoms with Crippen LogP contribution < -0.4 is 10.5 Å². The van der Waals surface area contributed by atoms with Crippen LogP contribution in [0.5, 0.6) is 0 Å². The van der Waals surface area contributed by atoms with E-state index in [9.17, 15) is 8.42 Å². The van der Waals surface area contributed by atoms with Gasteiger partial charge in [-0.25, -0.2) is 13.1 Å². The number of nitrogens with two attached hydrogens (primary N) is 1. The third-order valence-corrected chi connectivity index (χ3v) is 3.73. The van der Waals surface area contributed by atoms with Crippen LogP contribution in [-0.4, -0.2) is 20.5 Å². The fourth-order valence-corrected chi connectivity index (χ4v) is 2.67. The summed E-state index contributed by atoms with van der Waals surface area (Å²) in [4.78, 5) is 0. The normalized spacial score (nSPS) is 12.2. The SMILES string of the molecule is CC(C)(CN)NS(=O)(=O)c1ccc(Br)o1.Cl. The molecule has 1 rings (SSSR count). The van der Waals surface area contributed by atoms with Gasteiger partial charge in [0.25, 0.3) is 10.0 Å². The largest absolute Gasteiger partial charge is 0.437 e. The summed E-state index contributed by atoms with van der Waals surface area (Å²) in [5.74, 6) is 0. The molecule has 0 amide bonds. The van der Waals surface area contributed by atoms with Crippen LogP contribution in [0.2, 0.25) is 0 Å². The van der Waals surface area contributed by atoms with Crippen molar-refractivity contribution in [2.45, 2.75) is 24.5 Å². The fourth-order valence-electron chi connectivity index (χ4n) is 0.898. The summed E-state index contributed by atoms with van der Waals surface area (Å²) in [6.07, 6.45) is 0. The van der Waals surface area contributed by atoms with E-state index in [1.54, 1.807) is 13.8 Å². The Morgan fingerprint density at radius 3 is 2.44 bits per heavy atom. The summed E-state index contributed by atoms with van der Waals surface area (Å²) in [5, 5.41) is -0.129. The van der Waals surface area contributed by atoms with E-state index in [0.717, 1.165) is 0 Å². The zero-order valence-corrected chi connectivity index (χ0v) is 12.1. The molecular formula is C8H14BrClN2O3S. The Kier molecular flexibility index (Phi) is 5.48. The standard InChI is InChI=1S/C8H13BrN2O3S.ClH/c1-8(2,5-10)11-15(12,13)7-4-3-6(9)14-7;/h3-4,11H,5,10H2,1-2H3;1H. The molecule has 1 aromatic rings. The molecule has 0 aliphatic carbocycles. The molecule has 0 aromatic carbocycles. The van der Waals surface area contributed by atoms with Gasteiger partial charge in [-0.2, -0.15) is 0 Å². The third-order valence-electron chi connectivity index (χ3n) is 1.73. The van der Waals surface area contributed by atoms with Crippen molar-refractivity contribution in [3.05, 3.63) is 16.8 Å². The van der Waals surface area contributed by atoms with Crippen molar-refractivity contribution in [3.8, 4) is 0 Å². The van der Waals surface area contributed by atoms with Crippen LogP contribution in [0.1, 0.15) is 13.8 Å². The number of rotatable bonds is 4. The highest BCUT2D eigenvalue weighted by Gasteiger charge is 2.27. The Bertz CT molecular complexity index is 444. The van der Waals surface area contributed by atoms with Crippen molar-refractivity contribution >= 4 is 38.4 Å². The van der Waals surface area contributed by atoms with Gasteiger partial charge in [0.05, 0.1) is 0 Å². The second-order valence-electron chi connectivity index (χ2n) is 3.75. The molecule has 5 nitrogen and oxygen atoms in total. The number of halogens is 2. The van der Waals surface area contributed by atoms with Gasteiger partial charge in [-0.05, 0) is 41.9 Å². The molecule has 1 aromatic heterocycles. The molecule has 0 aliphatic rings. The minimum atomic E-state index is -3.64. The summed E-state index contributed by atoms with van der Waals surface area (Å²) in [6.45, 7) is 3.60. The van der Waals surface area contributed by atoms with Gasteiger partial charge in [0, 0.05) is 12.1 Å². The molecule has 0 atom stereocenters. The Balaban J connectivity index is 0.00000225. The van der Waals surface area contributed by atoms with E-state index < -0.39 is 15.6 Å². The second kappa shape index (κ2) is 5.50. The molecule has 0 aliphatic heterocycles. The first kappa shape index (κ1) is 15.9. The van der Waals surface area contributed by atoms with E-state index >= 15 is 0 Å². The van der Waals surface area contributed by atoms with Crippen LogP contribution in [0.3, 0.4) is 0 Å². The molecule has 0 radical (unpaired) electrons. The summed E-state index contributed by atoms with van der Waals surface area (Å²) >= 11 is 3.04. The number of hydrogen-bond acceptors (Lipinski definition) is 4. The van der Waals surface area contributed by atoms with Crippen LogP contribution in [0.25, 0.3) is 0 Å². The summed E-state index contributed by atoms with van der Waals surface area (Å²) < 4.78 is 31.3. The molecule has 16 heavy (non-hydrogen) atoms. The average molecular weight is 334 g/mol. The quantitative estimate of drug-likeness (QED) is 0.874. The van der Waals surface area contributed by atoms with Crippen molar-refractivity contribution in [2.24, 2.45) is 5.73 Å². The molecule has 0 unspecified atom stereocenters. The van der Waals surface area contributed by atoms with Gasteiger partial charge in [0.2, 0.25) is 5.09 Å². The zero-order chi connectivity index (χ0) is 11.7. The van der Waals surface area contributed by atoms with Crippen LogP contribution in [0.4, 0.5) is 0 Å². The minimum Gasteiger partial charge on any atom is -0.437 e. The monoisotopic (exact) mass is 332 g/mol. The van der Waals surface area contributed by atoms with Crippen molar-refractivity contribution in [1.29, 1.82) is 0 Å². The Labute approximate surface area is 109 Å². The minimum absolute atomic E-state index is 0.